The molecular weight excluding hydrogens is 294 g/mol. The maximum atomic E-state index is 11.5. The third-order valence-electron chi connectivity index (χ3n) is 2.81. The molecule has 0 aliphatic carbocycles. The molecule has 0 fully saturated rings. The highest BCUT2D eigenvalue weighted by Gasteiger charge is 2.16. The monoisotopic (exact) mass is 307 g/mol. The van der Waals surface area contributed by atoms with Crippen LogP contribution in [0, 0.1) is 6.92 Å². The van der Waals surface area contributed by atoms with Crippen molar-refractivity contribution in [1.82, 2.24) is 0 Å². The molecule has 0 amide bonds. The molecule has 3 N–H and O–H groups in total. The lowest BCUT2D eigenvalue weighted by atomic mass is 10.1. The number of carbonyl (C=O) groups is 1. The van der Waals surface area contributed by atoms with Crippen LogP contribution in [0.2, 0.25) is 0 Å². The van der Waals surface area contributed by atoms with Crippen molar-refractivity contribution in [1.29, 1.82) is 0 Å². The van der Waals surface area contributed by atoms with E-state index in [1.165, 1.54) is 30.3 Å². The molecule has 6 nitrogen and oxygen atoms in total. The molecule has 7 heteroatoms. The van der Waals surface area contributed by atoms with Crippen molar-refractivity contribution < 1.29 is 23.1 Å². The standard InChI is InChI=1S/C14H13NO5S/c1-9-6-7-10(14(16)17)8-12(9)20-11-4-2-3-5-13(11)21(15,18)19/h2-8H,1H3,(H,16,17)(H2,15,18,19). The van der Waals surface area contributed by atoms with Gasteiger partial charge in [-0.25, -0.2) is 18.4 Å². The van der Waals surface area contributed by atoms with E-state index >= 15 is 0 Å². The van der Waals surface area contributed by atoms with Crippen molar-refractivity contribution in [3.05, 3.63) is 53.6 Å². The van der Waals surface area contributed by atoms with Gasteiger partial charge in [0.15, 0.2) is 0 Å². The van der Waals surface area contributed by atoms with E-state index in [-0.39, 0.29) is 22.0 Å². The van der Waals surface area contributed by atoms with Gasteiger partial charge in [-0.1, -0.05) is 18.2 Å². The van der Waals surface area contributed by atoms with Crippen molar-refractivity contribution in [2.75, 3.05) is 0 Å². The van der Waals surface area contributed by atoms with Crippen LogP contribution >= 0.6 is 0 Å². The number of para-hydroxylation sites is 1. The second kappa shape index (κ2) is 5.55. The van der Waals surface area contributed by atoms with Crippen LogP contribution in [-0.4, -0.2) is 19.5 Å². The number of hydrogen-bond donors (Lipinski definition) is 2. The molecule has 0 saturated heterocycles. The first-order chi connectivity index (χ1) is 9.79. The molecule has 0 spiro atoms. The van der Waals surface area contributed by atoms with Gasteiger partial charge >= 0.3 is 5.97 Å². The van der Waals surface area contributed by atoms with Crippen LogP contribution in [0.5, 0.6) is 11.5 Å². The summed E-state index contributed by atoms with van der Waals surface area (Å²) in [6.07, 6.45) is 0. The number of carboxylic acid groups (broad SMARTS) is 1. The predicted molar refractivity (Wildman–Crippen MR) is 76.0 cm³/mol. The van der Waals surface area contributed by atoms with Crippen LogP contribution in [-0.2, 0) is 10.0 Å². The van der Waals surface area contributed by atoms with E-state index in [4.69, 9.17) is 15.0 Å². The summed E-state index contributed by atoms with van der Waals surface area (Å²) in [7, 11) is -3.93. The van der Waals surface area contributed by atoms with Gasteiger partial charge in [0.1, 0.15) is 16.4 Å². The Bertz CT molecular complexity index is 799. The van der Waals surface area contributed by atoms with E-state index in [1.807, 2.05) is 0 Å². The normalized spacial score (nSPS) is 11.1. The van der Waals surface area contributed by atoms with E-state index in [9.17, 15) is 13.2 Å². The van der Waals surface area contributed by atoms with Gasteiger partial charge in [-0.2, -0.15) is 0 Å². The van der Waals surface area contributed by atoms with Crippen LogP contribution < -0.4 is 9.88 Å². The molecule has 0 saturated carbocycles. The Labute approximate surface area is 121 Å². The molecule has 0 heterocycles. The number of rotatable bonds is 4. The summed E-state index contributed by atoms with van der Waals surface area (Å²) in [5.74, 6) is -0.795. The minimum absolute atomic E-state index is 0.0451. The molecule has 21 heavy (non-hydrogen) atoms. The minimum Gasteiger partial charge on any atom is -0.478 e. The number of aromatic carboxylic acids is 1. The van der Waals surface area contributed by atoms with Crippen molar-refractivity contribution in [2.45, 2.75) is 11.8 Å². The van der Waals surface area contributed by atoms with Gasteiger partial charge in [-0.05, 0) is 36.8 Å². The minimum atomic E-state index is -3.93. The highest BCUT2D eigenvalue weighted by Crippen LogP contribution is 2.30. The van der Waals surface area contributed by atoms with Gasteiger partial charge in [-0.15, -0.1) is 0 Å². The first-order valence-electron chi connectivity index (χ1n) is 5.92. The number of nitrogens with two attached hydrogens (primary N) is 1. The molecule has 0 unspecified atom stereocenters. The van der Waals surface area contributed by atoms with E-state index in [0.29, 0.717) is 5.56 Å². The summed E-state index contributed by atoms with van der Waals surface area (Å²) in [4.78, 5) is 10.8. The quantitative estimate of drug-likeness (QED) is 0.899. The average Bonchev–Trinajstić information content (AvgIpc) is 2.40. The van der Waals surface area contributed by atoms with Crippen LogP contribution in [0.25, 0.3) is 0 Å². The first-order valence-corrected chi connectivity index (χ1v) is 7.47. The highest BCUT2D eigenvalue weighted by atomic mass is 32.2. The number of aryl methyl sites for hydroxylation is 1. The van der Waals surface area contributed by atoms with Gasteiger partial charge in [0.2, 0.25) is 10.0 Å². The van der Waals surface area contributed by atoms with Crippen molar-refractivity contribution in [3.8, 4) is 11.5 Å². The van der Waals surface area contributed by atoms with E-state index in [0.717, 1.165) is 0 Å². The Morgan fingerprint density at radius 2 is 1.81 bits per heavy atom. The highest BCUT2D eigenvalue weighted by molar-refractivity contribution is 7.89. The molecule has 0 bridgehead atoms. The molecule has 0 radical (unpaired) electrons. The molecule has 2 rings (SSSR count). The summed E-state index contributed by atoms with van der Waals surface area (Å²) in [5.41, 5.74) is 0.716. The third kappa shape index (κ3) is 3.39. The fraction of sp³-hybridized carbons (Fsp3) is 0.0714. The summed E-state index contributed by atoms with van der Waals surface area (Å²) < 4.78 is 28.6. The van der Waals surface area contributed by atoms with Gasteiger partial charge in [0.05, 0.1) is 5.56 Å². The zero-order valence-electron chi connectivity index (χ0n) is 11.1. The fourth-order valence-electron chi connectivity index (χ4n) is 1.73. The van der Waals surface area contributed by atoms with Crippen molar-refractivity contribution in [3.63, 3.8) is 0 Å². The molecule has 110 valence electrons. The second-order valence-corrected chi connectivity index (χ2v) is 5.91. The zero-order chi connectivity index (χ0) is 15.6. The average molecular weight is 307 g/mol. The Morgan fingerprint density at radius 1 is 1.14 bits per heavy atom. The van der Waals surface area contributed by atoms with Gasteiger partial charge < -0.3 is 9.84 Å². The van der Waals surface area contributed by atoms with Gasteiger partial charge in [-0.3, -0.25) is 0 Å². The summed E-state index contributed by atoms with van der Waals surface area (Å²) >= 11 is 0. The summed E-state index contributed by atoms with van der Waals surface area (Å²) in [5, 5.41) is 14.1. The lowest BCUT2D eigenvalue weighted by molar-refractivity contribution is 0.0696. The van der Waals surface area contributed by atoms with Gasteiger partial charge in [0.25, 0.3) is 0 Å². The van der Waals surface area contributed by atoms with Crippen LogP contribution in [0.15, 0.2) is 47.4 Å². The van der Waals surface area contributed by atoms with Gasteiger partial charge in [0, 0.05) is 0 Å². The molecular formula is C14H13NO5S. The van der Waals surface area contributed by atoms with Crippen LogP contribution in [0.1, 0.15) is 15.9 Å². The second-order valence-electron chi connectivity index (χ2n) is 4.38. The Kier molecular flexibility index (Phi) is 3.97. The number of carboxylic acids is 1. The van der Waals surface area contributed by atoms with Crippen molar-refractivity contribution in [2.24, 2.45) is 5.14 Å². The molecule has 2 aromatic carbocycles. The summed E-state index contributed by atoms with van der Waals surface area (Å²) in [6.45, 7) is 1.72. The molecule has 0 aliphatic heterocycles. The first kappa shape index (κ1) is 15.0. The SMILES string of the molecule is Cc1ccc(C(=O)O)cc1Oc1ccccc1S(N)(=O)=O. The number of primary sulfonamides is 1. The molecule has 0 atom stereocenters. The predicted octanol–water partition coefficient (Wildman–Crippen LogP) is 2.13. The number of ether oxygens (including phenoxy) is 1. The lowest BCUT2D eigenvalue weighted by Gasteiger charge is -2.12. The fourth-order valence-corrected chi connectivity index (χ4v) is 2.39. The largest absolute Gasteiger partial charge is 0.478 e. The van der Waals surface area contributed by atoms with E-state index < -0.39 is 16.0 Å². The maximum absolute atomic E-state index is 11.5. The summed E-state index contributed by atoms with van der Waals surface area (Å²) in [6, 6.07) is 10.2. The van der Waals surface area contributed by atoms with E-state index in [2.05, 4.69) is 0 Å². The Balaban J connectivity index is 2.49. The topological polar surface area (TPSA) is 107 Å². The molecule has 0 aliphatic rings. The molecule has 0 aromatic heterocycles. The Hall–Kier alpha value is -2.38. The third-order valence-corrected chi connectivity index (χ3v) is 3.76. The van der Waals surface area contributed by atoms with Crippen LogP contribution in [0.3, 0.4) is 0 Å². The number of benzene rings is 2. The molecule has 2 aromatic rings. The van der Waals surface area contributed by atoms with E-state index in [1.54, 1.807) is 19.1 Å². The maximum Gasteiger partial charge on any atom is 0.335 e. The smallest absolute Gasteiger partial charge is 0.335 e. The zero-order valence-corrected chi connectivity index (χ0v) is 11.9. The number of hydrogen-bond acceptors (Lipinski definition) is 4. The van der Waals surface area contributed by atoms with Crippen molar-refractivity contribution >= 4 is 16.0 Å². The lowest BCUT2D eigenvalue weighted by Crippen LogP contribution is -2.13. The Morgan fingerprint density at radius 3 is 2.43 bits per heavy atom. The van der Waals surface area contributed by atoms with Crippen LogP contribution in [0.4, 0.5) is 0 Å². The number of sulfonamides is 1.